The van der Waals surface area contributed by atoms with E-state index in [2.05, 4.69) is 5.32 Å². The van der Waals surface area contributed by atoms with Crippen molar-refractivity contribution in [2.75, 3.05) is 5.32 Å². The second-order valence-electron chi connectivity index (χ2n) is 8.28. The molecule has 1 aliphatic rings. The zero-order valence-corrected chi connectivity index (χ0v) is 19.4. The maximum Gasteiger partial charge on any atom is 0.299 e. The van der Waals surface area contributed by atoms with E-state index in [1.165, 1.54) is 19.1 Å². The third kappa shape index (κ3) is 4.12. The summed E-state index contributed by atoms with van der Waals surface area (Å²) in [4.78, 5) is 35.0. The number of benzene rings is 3. The van der Waals surface area contributed by atoms with Gasteiger partial charge in [0.05, 0.1) is 27.5 Å². The van der Waals surface area contributed by atoms with Gasteiger partial charge in [0.2, 0.25) is 5.91 Å². The van der Waals surface area contributed by atoms with E-state index in [1.807, 2.05) is 54.7 Å². The molecule has 0 amide bonds. The zero-order chi connectivity index (χ0) is 24.7. The number of carbonyl (C=O) groups excluding carboxylic acids is 1. The highest BCUT2D eigenvalue weighted by Gasteiger charge is 2.33. The molecule has 1 N–H and O–H groups in total. The molecule has 176 valence electrons. The highest BCUT2D eigenvalue weighted by molar-refractivity contribution is 7.99. The van der Waals surface area contributed by atoms with Crippen molar-refractivity contribution in [3.8, 4) is 0 Å². The van der Waals surface area contributed by atoms with Gasteiger partial charge in [0, 0.05) is 34.7 Å². The van der Waals surface area contributed by atoms with Crippen LogP contribution in [-0.4, -0.2) is 20.3 Å². The van der Waals surface area contributed by atoms with Gasteiger partial charge in [0.15, 0.2) is 0 Å². The molecule has 0 unspecified atom stereocenters. The molecule has 0 radical (unpaired) electrons. The minimum atomic E-state index is -0.651. The highest BCUT2D eigenvalue weighted by Crippen LogP contribution is 2.51. The molecule has 1 heterocycles. The monoisotopic (exact) mass is 488 g/mol. The largest absolute Gasteiger partial charge is 0.373 e. The lowest BCUT2D eigenvalue weighted by Gasteiger charge is -2.30. The fourth-order valence-corrected chi connectivity index (χ4v) is 5.85. The first-order chi connectivity index (χ1) is 16.8. The Bertz CT molecular complexity index is 1480. The van der Waals surface area contributed by atoms with E-state index >= 15 is 0 Å². The maximum atomic E-state index is 12.4. The molecule has 3 aromatic carbocycles. The predicted molar refractivity (Wildman–Crippen MR) is 134 cm³/mol. The number of nitro benzene ring substituents is 2. The summed E-state index contributed by atoms with van der Waals surface area (Å²) in [5.74, 6) is -0.0979. The summed E-state index contributed by atoms with van der Waals surface area (Å²) in [6.45, 7) is 1.52. The summed E-state index contributed by atoms with van der Waals surface area (Å²) in [5.41, 5.74) is 2.26. The van der Waals surface area contributed by atoms with Gasteiger partial charge >= 0.3 is 0 Å². The molecule has 0 saturated carbocycles. The number of rotatable bonds is 6. The number of aromatic nitrogens is 1. The standard InChI is InChI=1S/C25H20N4O5S/c1-15(30)27-14-19-24(35-17-6-3-2-4-7-17)13-21(18-8-5-9-22(27)25(18)19)26-20-11-10-16(28(31)32)12-23(20)29(33)34/h2-12,14,21,24,26H,13H2,1H3/t21-,24-/m1/s1. The van der Waals surface area contributed by atoms with Crippen LogP contribution in [0.25, 0.3) is 10.9 Å². The minimum Gasteiger partial charge on any atom is -0.373 e. The van der Waals surface area contributed by atoms with Crippen LogP contribution < -0.4 is 5.32 Å². The lowest BCUT2D eigenvalue weighted by molar-refractivity contribution is -0.393. The molecular weight excluding hydrogens is 468 g/mol. The summed E-state index contributed by atoms with van der Waals surface area (Å²) in [6, 6.07) is 18.9. The van der Waals surface area contributed by atoms with Crippen LogP contribution in [0.4, 0.5) is 17.1 Å². The second kappa shape index (κ2) is 8.88. The van der Waals surface area contributed by atoms with Crippen LogP contribution in [0.3, 0.4) is 0 Å². The number of thioether (sulfide) groups is 1. The third-order valence-corrected chi connectivity index (χ3v) is 7.42. The maximum absolute atomic E-state index is 12.4. The van der Waals surface area contributed by atoms with Gasteiger partial charge in [-0.2, -0.15) is 0 Å². The van der Waals surface area contributed by atoms with Gasteiger partial charge in [-0.3, -0.25) is 29.6 Å². The van der Waals surface area contributed by atoms with E-state index in [9.17, 15) is 25.0 Å². The number of nitrogens with zero attached hydrogens (tertiary/aromatic N) is 3. The number of hydrogen-bond acceptors (Lipinski definition) is 7. The SMILES string of the molecule is CC(=O)n1cc2c3c(cccc31)[C@H](Nc1ccc([N+](=O)[O-])cc1[N+](=O)[O-])C[C@H]2Sc1ccccc1. The van der Waals surface area contributed by atoms with Gasteiger partial charge in [-0.05, 0) is 41.8 Å². The first-order valence-corrected chi connectivity index (χ1v) is 11.8. The lowest BCUT2D eigenvalue weighted by Crippen LogP contribution is -2.18. The van der Waals surface area contributed by atoms with Gasteiger partial charge in [0.1, 0.15) is 5.69 Å². The molecule has 0 bridgehead atoms. The van der Waals surface area contributed by atoms with Crippen LogP contribution >= 0.6 is 11.8 Å². The molecule has 9 nitrogen and oxygen atoms in total. The Labute approximate surface area is 204 Å². The van der Waals surface area contributed by atoms with Crippen molar-refractivity contribution in [2.45, 2.75) is 29.5 Å². The molecule has 2 atom stereocenters. The molecule has 1 aromatic heterocycles. The van der Waals surface area contributed by atoms with Gasteiger partial charge < -0.3 is 5.32 Å². The van der Waals surface area contributed by atoms with Crippen molar-refractivity contribution in [1.82, 2.24) is 4.57 Å². The fourth-order valence-electron chi connectivity index (χ4n) is 4.62. The number of non-ortho nitro benzene ring substituents is 1. The van der Waals surface area contributed by atoms with E-state index in [4.69, 9.17) is 0 Å². The van der Waals surface area contributed by atoms with Crippen molar-refractivity contribution in [3.63, 3.8) is 0 Å². The van der Waals surface area contributed by atoms with Crippen molar-refractivity contribution in [3.05, 3.63) is 104 Å². The van der Waals surface area contributed by atoms with E-state index in [1.54, 1.807) is 16.3 Å². The summed E-state index contributed by atoms with van der Waals surface area (Å²) < 4.78 is 1.64. The van der Waals surface area contributed by atoms with E-state index in [0.29, 0.717) is 6.42 Å². The minimum absolute atomic E-state index is 0.0231. The molecule has 0 spiro atoms. The van der Waals surface area contributed by atoms with Gasteiger partial charge in [0.25, 0.3) is 11.4 Å². The molecule has 4 aromatic rings. The van der Waals surface area contributed by atoms with Gasteiger partial charge in [-0.25, -0.2) is 0 Å². The number of hydrogen-bond donors (Lipinski definition) is 1. The third-order valence-electron chi connectivity index (χ3n) is 6.14. The predicted octanol–water partition coefficient (Wildman–Crippen LogP) is 6.51. The Kier molecular flexibility index (Phi) is 5.73. The molecule has 0 fully saturated rings. The number of nitro groups is 2. The van der Waals surface area contributed by atoms with Crippen LogP contribution in [0.1, 0.15) is 40.6 Å². The normalized spacial score (nSPS) is 16.7. The molecule has 0 aliphatic heterocycles. The Morgan fingerprint density at radius 2 is 1.77 bits per heavy atom. The van der Waals surface area contributed by atoms with Crippen molar-refractivity contribution < 1.29 is 14.6 Å². The lowest BCUT2D eigenvalue weighted by atomic mass is 9.88. The van der Waals surface area contributed by atoms with Crippen molar-refractivity contribution >= 4 is 45.6 Å². The molecule has 35 heavy (non-hydrogen) atoms. The number of carbonyl (C=O) groups is 1. The Balaban J connectivity index is 1.62. The number of anilines is 1. The smallest absolute Gasteiger partial charge is 0.299 e. The summed E-state index contributed by atoms with van der Waals surface area (Å²) in [6.07, 6.45) is 2.49. The summed E-state index contributed by atoms with van der Waals surface area (Å²) in [7, 11) is 0. The zero-order valence-electron chi connectivity index (χ0n) is 18.6. The average molecular weight is 489 g/mol. The Morgan fingerprint density at radius 3 is 2.46 bits per heavy atom. The van der Waals surface area contributed by atoms with Crippen LogP contribution in [0.2, 0.25) is 0 Å². The summed E-state index contributed by atoms with van der Waals surface area (Å²) in [5, 5.41) is 27.1. The van der Waals surface area contributed by atoms with Crippen LogP contribution in [0.15, 0.2) is 77.8 Å². The van der Waals surface area contributed by atoms with Crippen molar-refractivity contribution in [2.24, 2.45) is 0 Å². The highest BCUT2D eigenvalue weighted by atomic mass is 32.2. The Hall–Kier alpha value is -4.18. The number of nitrogens with one attached hydrogen (secondary N) is 1. The van der Waals surface area contributed by atoms with Gasteiger partial charge in [-0.15, -0.1) is 11.8 Å². The van der Waals surface area contributed by atoms with Crippen molar-refractivity contribution in [1.29, 1.82) is 0 Å². The molecular formula is C25H20N4O5S. The van der Waals surface area contributed by atoms with Crippen LogP contribution in [0.5, 0.6) is 0 Å². The molecule has 1 aliphatic carbocycles. The molecule has 10 heteroatoms. The van der Waals surface area contributed by atoms with Crippen LogP contribution in [0, 0.1) is 20.2 Å². The average Bonchev–Trinajstić information content (AvgIpc) is 3.24. The van der Waals surface area contributed by atoms with Gasteiger partial charge in [-0.1, -0.05) is 30.3 Å². The molecule has 5 rings (SSSR count). The first-order valence-electron chi connectivity index (χ1n) is 10.9. The summed E-state index contributed by atoms with van der Waals surface area (Å²) >= 11 is 1.67. The van der Waals surface area contributed by atoms with E-state index in [0.717, 1.165) is 33.0 Å². The quantitative estimate of drug-likeness (QED) is 0.243. The second-order valence-corrected chi connectivity index (χ2v) is 9.56. The van der Waals surface area contributed by atoms with Crippen LogP contribution in [-0.2, 0) is 0 Å². The fraction of sp³-hybridized carbons (Fsp3) is 0.160. The Morgan fingerprint density at radius 1 is 1.00 bits per heavy atom. The topological polar surface area (TPSA) is 120 Å². The molecule has 0 saturated heterocycles. The van der Waals surface area contributed by atoms with E-state index < -0.39 is 9.85 Å². The van der Waals surface area contributed by atoms with E-state index in [-0.39, 0.29) is 34.3 Å². The first kappa shape index (κ1) is 22.6.